The summed E-state index contributed by atoms with van der Waals surface area (Å²) in [7, 11) is 1.65. The molecule has 1 amide bonds. The van der Waals surface area contributed by atoms with Crippen molar-refractivity contribution in [2.24, 2.45) is 5.92 Å². The fourth-order valence-electron chi connectivity index (χ4n) is 3.23. The van der Waals surface area contributed by atoms with Gasteiger partial charge in [0.25, 0.3) is 0 Å². The zero-order chi connectivity index (χ0) is 15.1. The van der Waals surface area contributed by atoms with Crippen LogP contribution in [0.4, 0.5) is 0 Å². The molecule has 116 valence electrons. The van der Waals surface area contributed by atoms with Crippen molar-refractivity contribution in [2.45, 2.75) is 57.9 Å². The summed E-state index contributed by atoms with van der Waals surface area (Å²) in [6, 6.07) is 8.12. The van der Waals surface area contributed by atoms with E-state index in [0.29, 0.717) is 18.4 Å². The third kappa shape index (κ3) is 4.76. The van der Waals surface area contributed by atoms with Crippen molar-refractivity contribution in [1.82, 2.24) is 5.32 Å². The Labute approximate surface area is 128 Å². The molecule has 21 heavy (non-hydrogen) atoms. The minimum Gasteiger partial charge on any atom is -0.497 e. The van der Waals surface area contributed by atoms with Crippen molar-refractivity contribution in [2.75, 3.05) is 7.11 Å². The lowest BCUT2D eigenvalue weighted by Gasteiger charge is -2.21. The van der Waals surface area contributed by atoms with E-state index in [4.69, 9.17) is 4.74 Å². The van der Waals surface area contributed by atoms with Crippen LogP contribution in [0.1, 0.15) is 51.0 Å². The second-order valence-electron chi connectivity index (χ2n) is 6.03. The zero-order valence-corrected chi connectivity index (χ0v) is 13.2. The molecule has 0 bridgehead atoms. The standard InChI is InChI=1S/C18H27NO2/c1-3-4-6-15-7-5-8-17(15)19-18(20)13-14-9-11-16(21-2)12-10-14/h9-12,15,17H,3-8,13H2,1-2H3,(H,19,20). The topological polar surface area (TPSA) is 38.3 Å². The van der Waals surface area contributed by atoms with Gasteiger partial charge in [-0.25, -0.2) is 0 Å². The predicted molar refractivity (Wildman–Crippen MR) is 85.5 cm³/mol. The van der Waals surface area contributed by atoms with Gasteiger partial charge in [-0.3, -0.25) is 4.79 Å². The molecule has 3 heteroatoms. The highest BCUT2D eigenvalue weighted by Gasteiger charge is 2.27. The molecule has 1 aliphatic carbocycles. The van der Waals surface area contributed by atoms with Crippen molar-refractivity contribution in [1.29, 1.82) is 0 Å². The van der Waals surface area contributed by atoms with E-state index in [1.165, 1.54) is 32.1 Å². The number of carbonyl (C=O) groups is 1. The summed E-state index contributed by atoms with van der Waals surface area (Å²) in [5.74, 6) is 1.66. The van der Waals surface area contributed by atoms with Gasteiger partial charge in [0.2, 0.25) is 5.91 Å². The number of unbranched alkanes of at least 4 members (excludes halogenated alkanes) is 1. The number of nitrogens with one attached hydrogen (secondary N) is 1. The first-order valence-electron chi connectivity index (χ1n) is 8.15. The number of hydrogen-bond acceptors (Lipinski definition) is 2. The first-order chi connectivity index (χ1) is 10.2. The third-order valence-electron chi connectivity index (χ3n) is 4.46. The normalized spacial score (nSPS) is 21.2. The fourth-order valence-corrected chi connectivity index (χ4v) is 3.23. The van der Waals surface area contributed by atoms with Crippen molar-refractivity contribution in [3.63, 3.8) is 0 Å². The number of methoxy groups -OCH3 is 1. The summed E-state index contributed by atoms with van der Waals surface area (Å²) >= 11 is 0. The molecule has 0 spiro atoms. The van der Waals surface area contributed by atoms with Crippen LogP contribution in [0.25, 0.3) is 0 Å². The third-order valence-corrected chi connectivity index (χ3v) is 4.46. The summed E-state index contributed by atoms with van der Waals surface area (Å²) in [6.45, 7) is 2.23. The molecule has 2 rings (SSSR count). The van der Waals surface area contributed by atoms with Gasteiger partial charge in [0.05, 0.1) is 13.5 Å². The number of benzene rings is 1. The maximum Gasteiger partial charge on any atom is 0.224 e. The second-order valence-corrected chi connectivity index (χ2v) is 6.03. The molecule has 0 aromatic heterocycles. The summed E-state index contributed by atoms with van der Waals surface area (Å²) in [6.07, 6.45) is 7.89. The number of rotatable bonds is 7. The van der Waals surface area contributed by atoms with Crippen LogP contribution < -0.4 is 10.1 Å². The molecule has 1 aliphatic rings. The van der Waals surface area contributed by atoms with Crippen LogP contribution in [0.3, 0.4) is 0 Å². The molecule has 0 saturated heterocycles. The van der Waals surface area contributed by atoms with E-state index in [1.807, 2.05) is 24.3 Å². The Morgan fingerprint density at radius 1 is 1.29 bits per heavy atom. The smallest absolute Gasteiger partial charge is 0.224 e. The van der Waals surface area contributed by atoms with Crippen molar-refractivity contribution in [3.05, 3.63) is 29.8 Å². The zero-order valence-electron chi connectivity index (χ0n) is 13.2. The second kappa shape index (κ2) is 8.06. The first-order valence-corrected chi connectivity index (χ1v) is 8.15. The minimum absolute atomic E-state index is 0.147. The molecule has 0 aliphatic heterocycles. The maximum atomic E-state index is 12.2. The fraction of sp³-hybridized carbons (Fsp3) is 0.611. The van der Waals surface area contributed by atoms with E-state index in [9.17, 15) is 4.79 Å². The molecule has 1 fully saturated rings. The van der Waals surface area contributed by atoms with Gasteiger partial charge in [0.1, 0.15) is 5.75 Å². The molecule has 2 unspecified atom stereocenters. The van der Waals surface area contributed by atoms with Gasteiger partial charge in [-0.1, -0.05) is 38.3 Å². The van der Waals surface area contributed by atoms with Crippen molar-refractivity contribution in [3.8, 4) is 5.75 Å². The lowest BCUT2D eigenvalue weighted by Crippen LogP contribution is -2.38. The van der Waals surface area contributed by atoms with Gasteiger partial charge >= 0.3 is 0 Å². The summed E-state index contributed by atoms with van der Waals surface area (Å²) < 4.78 is 5.13. The van der Waals surface area contributed by atoms with E-state index in [0.717, 1.165) is 17.7 Å². The number of carbonyl (C=O) groups excluding carboxylic acids is 1. The van der Waals surface area contributed by atoms with Crippen LogP contribution in [-0.4, -0.2) is 19.1 Å². The van der Waals surface area contributed by atoms with Gasteiger partial charge in [0.15, 0.2) is 0 Å². The molecule has 1 aromatic carbocycles. The summed E-state index contributed by atoms with van der Waals surface area (Å²) in [5, 5.41) is 3.24. The van der Waals surface area contributed by atoms with E-state index in [-0.39, 0.29) is 5.91 Å². The lowest BCUT2D eigenvalue weighted by atomic mass is 9.96. The maximum absolute atomic E-state index is 12.2. The highest BCUT2D eigenvalue weighted by atomic mass is 16.5. The Hall–Kier alpha value is -1.51. The molecule has 0 heterocycles. The Balaban J connectivity index is 1.82. The quantitative estimate of drug-likeness (QED) is 0.831. The van der Waals surface area contributed by atoms with Crippen LogP contribution in [0.2, 0.25) is 0 Å². The highest BCUT2D eigenvalue weighted by molar-refractivity contribution is 5.79. The van der Waals surface area contributed by atoms with E-state index in [1.54, 1.807) is 7.11 Å². The molecule has 2 atom stereocenters. The van der Waals surface area contributed by atoms with E-state index >= 15 is 0 Å². The molecule has 3 nitrogen and oxygen atoms in total. The molecular formula is C18H27NO2. The van der Waals surface area contributed by atoms with Crippen LogP contribution in [-0.2, 0) is 11.2 Å². The molecule has 1 saturated carbocycles. The number of amides is 1. The van der Waals surface area contributed by atoms with E-state index in [2.05, 4.69) is 12.2 Å². The summed E-state index contributed by atoms with van der Waals surface area (Å²) in [4.78, 5) is 12.2. The predicted octanol–water partition coefficient (Wildman–Crippen LogP) is 3.71. The average molecular weight is 289 g/mol. The van der Waals surface area contributed by atoms with Crippen LogP contribution in [0.5, 0.6) is 5.75 Å². The van der Waals surface area contributed by atoms with Crippen LogP contribution in [0, 0.1) is 5.92 Å². The van der Waals surface area contributed by atoms with Crippen molar-refractivity contribution < 1.29 is 9.53 Å². The highest BCUT2D eigenvalue weighted by Crippen LogP contribution is 2.29. The lowest BCUT2D eigenvalue weighted by molar-refractivity contribution is -0.121. The first kappa shape index (κ1) is 15.9. The SMILES string of the molecule is CCCCC1CCCC1NC(=O)Cc1ccc(OC)cc1. The monoisotopic (exact) mass is 289 g/mol. The Morgan fingerprint density at radius 3 is 2.71 bits per heavy atom. The van der Waals surface area contributed by atoms with Gasteiger partial charge in [-0.05, 0) is 42.9 Å². The van der Waals surface area contributed by atoms with Gasteiger partial charge in [0, 0.05) is 6.04 Å². The average Bonchev–Trinajstić information content (AvgIpc) is 2.93. The molecular weight excluding hydrogens is 262 g/mol. The molecule has 0 radical (unpaired) electrons. The Kier molecular flexibility index (Phi) is 6.09. The Morgan fingerprint density at radius 2 is 2.05 bits per heavy atom. The van der Waals surface area contributed by atoms with Gasteiger partial charge < -0.3 is 10.1 Å². The number of hydrogen-bond donors (Lipinski definition) is 1. The molecule has 1 aromatic rings. The Bertz CT molecular complexity index is 441. The summed E-state index contributed by atoms with van der Waals surface area (Å²) in [5.41, 5.74) is 1.04. The molecule has 1 N–H and O–H groups in total. The largest absolute Gasteiger partial charge is 0.497 e. The van der Waals surface area contributed by atoms with Crippen LogP contribution in [0.15, 0.2) is 24.3 Å². The van der Waals surface area contributed by atoms with Gasteiger partial charge in [-0.2, -0.15) is 0 Å². The van der Waals surface area contributed by atoms with Crippen LogP contribution >= 0.6 is 0 Å². The van der Waals surface area contributed by atoms with E-state index < -0.39 is 0 Å². The minimum atomic E-state index is 0.147. The number of ether oxygens (including phenoxy) is 1. The van der Waals surface area contributed by atoms with Gasteiger partial charge in [-0.15, -0.1) is 0 Å². The van der Waals surface area contributed by atoms with Crippen molar-refractivity contribution >= 4 is 5.91 Å².